The molecule has 0 spiro atoms. The van der Waals surface area contributed by atoms with Crippen molar-refractivity contribution in [1.29, 1.82) is 0 Å². The predicted molar refractivity (Wildman–Crippen MR) is 41.3 cm³/mol. The van der Waals surface area contributed by atoms with E-state index < -0.39 is 16.5 Å². The first-order valence-electron chi connectivity index (χ1n) is 3.22. The fourth-order valence-electron chi connectivity index (χ4n) is 0.236. The van der Waals surface area contributed by atoms with Crippen LogP contribution in [0.25, 0.3) is 0 Å². The molecule has 0 saturated carbocycles. The molecule has 0 aliphatic carbocycles. The quantitative estimate of drug-likeness (QED) is 0.508. The van der Waals surface area contributed by atoms with Crippen LogP contribution in [-0.2, 0) is 35.2 Å². The van der Waals surface area contributed by atoms with Gasteiger partial charge in [0.15, 0.2) is 0 Å². The predicted octanol–water partition coefficient (Wildman–Crippen LogP) is -0.457. The van der Waals surface area contributed by atoms with Gasteiger partial charge in [-0.1, -0.05) is 0 Å². The molecule has 2 atom stereocenters. The second kappa shape index (κ2) is 15.3. The van der Waals surface area contributed by atoms with Crippen molar-refractivity contribution < 1.29 is 45.0 Å². The zero-order valence-corrected chi connectivity index (χ0v) is 10.3. The molecule has 82 valence electrons. The Hall–Kier alpha value is 0.819. The van der Waals surface area contributed by atoms with E-state index in [1.165, 1.54) is 0 Å². The summed E-state index contributed by atoms with van der Waals surface area (Å²) >= 11 is 0. The van der Waals surface area contributed by atoms with Gasteiger partial charge in [0.1, 0.15) is 16.5 Å². The Kier molecular flexibility index (Phi) is 22.8. The Morgan fingerprint density at radius 2 is 1.23 bits per heavy atom. The van der Waals surface area contributed by atoms with Gasteiger partial charge in [-0.15, -0.1) is 0 Å². The van der Waals surface area contributed by atoms with Crippen LogP contribution in [0.2, 0.25) is 0 Å². The number of hydrogen-bond donors (Lipinski definition) is 0. The Bertz CT molecular complexity index is 127. The zero-order chi connectivity index (χ0) is 9.98. The van der Waals surface area contributed by atoms with Crippen molar-refractivity contribution in [3.63, 3.8) is 0 Å². The minimum absolute atomic E-state index is 0. The molecule has 0 aromatic heterocycles. The van der Waals surface area contributed by atoms with Crippen LogP contribution in [0.1, 0.15) is 13.8 Å². The fourth-order valence-corrected chi connectivity index (χ4v) is 0.707. The molecule has 0 saturated heterocycles. The van der Waals surface area contributed by atoms with Crippen LogP contribution in [0.4, 0.5) is 0 Å². The molecule has 13 heavy (non-hydrogen) atoms. The standard InChI is InChI=1S/2C2H7O3P.Fe/c2*1-2-5-6(3)4;/h2*6H,2H2,1H3,(H,3,4);/q;;+2/p-2. The van der Waals surface area contributed by atoms with Crippen molar-refractivity contribution in [3.8, 4) is 0 Å². The summed E-state index contributed by atoms with van der Waals surface area (Å²) in [7, 11) is -5.77. The van der Waals surface area contributed by atoms with Crippen LogP contribution >= 0.6 is 16.5 Å². The molecule has 0 radical (unpaired) electrons. The van der Waals surface area contributed by atoms with Crippen LogP contribution in [0.5, 0.6) is 0 Å². The molecule has 2 unspecified atom stereocenters. The smallest absolute Gasteiger partial charge is 0.781 e. The van der Waals surface area contributed by atoms with Crippen LogP contribution in [0, 0.1) is 0 Å². The van der Waals surface area contributed by atoms with E-state index in [2.05, 4.69) is 9.05 Å². The molecule has 0 heterocycles. The Morgan fingerprint density at radius 3 is 1.23 bits per heavy atom. The van der Waals surface area contributed by atoms with Gasteiger partial charge in [0.2, 0.25) is 0 Å². The summed E-state index contributed by atoms with van der Waals surface area (Å²) in [6, 6.07) is 0. The SMILES string of the molecule is CCO[PH](=O)[O-].CCO[PH](=O)[O-].[Fe+2]. The summed E-state index contributed by atoms with van der Waals surface area (Å²) in [5, 5.41) is 0. The topological polar surface area (TPSA) is 98.7 Å². The van der Waals surface area contributed by atoms with E-state index in [9.17, 15) is 18.9 Å². The van der Waals surface area contributed by atoms with Crippen LogP contribution < -0.4 is 9.79 Å². The molecule has 0 aromatic rings. The second-order valence-electron chi connectivity index (χ2n) is 1.37. The molecule has 0 aromatic carbocycles. The van der Waals surface area contributed by atoms with Gasteiger partial charge >= 0.3 is 17.1 Å². The van der Waals surface area contributed by atoms with Crippen molar-refractivity contribution in [2.24, 2.45) is 0 Å². The maximum atomic E-state index is 9.45. The van der Waals surface area contributed by atoms with E-state index in [4.69, 9.17) is 0 Å². The van der Waals surface area contributed by atoms with Gasteiger partial charge in [-0.25, -0.2) is 0 Å². The van der Waals surface area contributed by atoms with Crippen LogP contribution in [-0.4, -0.2) is 13.2 Å². The summed E-state index contributed by atoms with van der Waals surface area (Å²) in [5.74, 6) is 0. The Morgan fingerprint density at radius 1 is 1.00 bits per heavy atom. The molecule has 0 aliphatic heterocycles. The monoisotopic (exact) mass is 274 g/mol. The molecular weight excluding hydrogens is 262 g/mol. The van der Waals surface area contributed by atoms with Gasteiger partial charge in [0.25, 0.3) is 0 Å². The number of hydrogen-bond acceptors (Lipinski definition) is 6. The Balaban J connectivity index is -0.000000143. The molecule has 9 heteroatoms. The second-order valence-corrected chi connectivity index (χ2v) is 2.94. The molecule has 0 bridgehead atoms. The van der Waals surface area contributed by atoms with Gasteiger partial charge < -0.3 is 28.0 Å². The molecule has 0 rings (SSSR count). The van der Waals surface area contributed by atoms with Crippen molar-refractivity contribution in [3.05, 3.63) is 0 Å². The van der Waals surface area contributed by atoms with Crippen molar-refractivity contribution >= 4 is 16.5 Å². The molecule has 0 N–H and O–H groups in total. The third kappa shape index (κ3) is 32.3. The molecule has 6 nitrogen and oxygen atoms in total. The molecule has 0 aliphatic rings. The maximum absolute atomic E-state index is 9.45. The largest absolute Gasteiger partial charge is 2.00 e. The van der Waals surface area contributed by atoms with Gasteiger partial charge in [0, 0.05) is 13.2 Å². The van der Waals surface area contributed by atoms with Gasteiger partial charge in [-0.3, -0.25) is 0 Å². The molecular formula is C4H12FeO6P2. The van der Waals surface area contributed by atoms with Gasteiger partial charge in [-0.2, -0.15) is 0 Å². The summed E-state index contributed by atoms with van der Waals surface area (Å²) in [6.45, 7) is 3.75. The number of rotatable bonds is 4. The van der Waals surface area contributed by atoms with Crippen LogP contribution in [0.15, 0.2) is 0 Å². The molecule has 0 fully saturated rings. The van der Waals surface area contributed by atoms with Gasteiger partial charge in [0.05, 0.1) is 0 Å². The zero-order valence-electron chi connectivity index (χ0n) is 7.22. The minimum Gasteiger partial charge on any atom is -0.781 e. The third-order valence-electron chi connectivity index (χ3n) is 0.524. The van der Waals surface area contributed by atoms with E-state index in [-0.39, 0.29) is 30.3 Å². The fraction of sp³-hybridized carbons (Fsp3) is 1.00. The average Bonchev–Trinajstić information content (AvgIpc) is 1.87. The summed E-state index contributed by atoms with van der Waals surface area (Å²) in [5.41, 5.74) is 0. The first-order valence-corrected chi connectivity index (χ1v) is 5.67. The summed E-state index contributed by atoms with van der Waals surface area (Å²) < 4.78 is 27.0. The van der Waals surface area contributed by atoms with Crippen molar-refractivity contribution in [2.75, 3.05) is 13.2 Å². The normalized spacial score (nSPS) is 13.2. The Labute approximate surface area is 89.0 Å². The van der Waals surface area contributed by atoms with E-state index in [1.807, 2.05) is 0 Å². The van der Waals surface area contributed by atoms with E-state index in [0.717, 1.165) is 0 Å². The third-order valence-corrected chi connectivity index (χ3v) is 1.57. The van der Waals surface area contributed by atoms with E-state index in [0.29, 0.717) is 0 Å². The summed E-state index contributed by atoms with van der Waals surface area (Å²) in [4.78, 5) is 18.9. The van der Waals surface area contributed by atoms with Gasteiger partial charge in [-0.05, 0) is 13.8 Å². The average molecular weight is 274 g/mol. The van der Waals surface area contributed by atoms with E-state index in [1.54, 1.807) is 13.8 Å². The van der Waals surface area contributed by atoms with E-state index >= 15 is 0 Å². The first-order chi connectivity index (χ1) is 5.54. The maximum Gasteiger partial charge on any atom is 2.00 e. The van der Waals surface area contributed by atoms with Crippen molar-refractivity contribution in [1.82, 2.24) is 0 Å². The molecule has 0 amide bonds. The summed E-state index contributed by atoms with van der Waals surface area (Å²) in [6.07, 6.45) is 0. The minimum atomic E-state index is -2.89. The van der Waals surface area contributed by atoms with Crippen molar-refractivity contribution in [2.45, 2.75) is 13.8 Å². The van der Waals surface area contributed by atoms with Crippen LogP contribution in [0.3, 0.4) is 0 Å². The first kappa shape index (κ1) is 19.4.